The quantitative estimate of drug-likeness (QED) is 0.909. The van der Waals surface area contributed by atoms with Crippen LogP contribution in [0, 0.1) is 5.82 Å². The molecule has 1 aliphatic heterocycles. The molecule has 2 N–H and O–H groups in total. The topological polar surface area (TPSA) is 38.5 Å². The lowest BCUT2D eigenvalue weighted by Gasteiger charge is -2.33. The summed E-state index contributed by atoms with van der Waals surface area (Å²) in [5, 5.41) is 0. The Bertz CT molecular complexity index is 417. The van der Waals surface area contributed by atoms with E-state index in [1.165, 1.54) is 0 Å². The molecule has 4 heteroatoms. The third-order valence-corrected chi connectivity index (χ3v) is 3.69. The Labute approximate surface area is 114 Å². The molecule has 0 amide bonds. The summed E-state index contributed by atoms with van der Waals surface area (Å²) < 4.78 is 19.5. The highest BCUT2D eigenvalue weighted by Gasteiger charge is 2.20. The van der Waals surface area contributed by atoms with Crippen molar-refractivity contribution in [3.63, 3.8) is 0 Å². The largest absolute Gasteiger partial charge is 0.381 e. The molecular weight excluding hydrogens is 243 g/mol. The number of benzene rings is 1. The fourth-order valence-electron chi connectivity index (χ4n) is 2.60. The molecule has 1 atom stereocenters. The Kier molecular flexibility index (Phi) is 4.77. The second kappa shape index (κ2) is 6.35. The molecule has 0 aromatic heterocycles. The first kappa shape index (κ1) is 14.3. The zero-order valence-electron chi connectivity index (χ0n) is 11.7. The van der Waals surface area contributed by atoms with E-state index in [2.05, 4.69) is 0 Å². The summed E-state index contributed by atoms with van der Waals surface area (Å²) in [6.45, 7) is 3.46. The maximum Gasteiger partial charge on any atom is 0.146 e. The van der Waals surface area contributed by atoms with E-state index in [9.17, 15) is 4.39 Å². The molecule has 1 aliphatic rings. The van der Waals surface area contributed by atoms with Crippen LogP contribution in [-0.2, 0) is 11.2 Å². The molecule has 0 radical (unpaired) electrons. The molecule has 1 unspecified atom stereocenters. The summed E-state index contributed by atoms with van der Waals surface area (Å²) in [4.78, 5) is 2.04. The molecule has 2 rings (SSSR count). The Morgan fingerprint density at radius 1 is 1.42 bits per heavy atom. The van der Waals surface area contributed by atoms with Gasteiger partial charge >= 0.3 is 0 Å². The second-order valence-electron chi connectivity index (χ2n) is 5.42. The summed E-state index contributed by atoms with van der Waals surface area (Å²) in [5.74, 6) is -0.160. The zero-order valence-corrected chi connectivity index (χ0v) is 11.7. The average molecular weight is 266 g/mol. The Balaban J connectivity index is 2.10. The highest BCUT2D eigenvalue weighted by molar-refractivity contribution is 5.49. The van der Waals surface area contributed by atoms with E-state index in [0.717, 1.165) is 31.6 Å². The number of ether oxygens (including phenoxy) is 1. The van der Waals surface area contributed by atoms with Crippen LogP contribution in [0.2, 0.25) is 0 Å². The summed E-state index contributed by atoms with van der Waals surface area (Å²) in [6, 6.07) is 5.86. The molecule has 1 aromatic rings. The zero-order chi connectivity index (χ0) is 13.8. The standard InChI is InChI=1S/C15H23FN2O/c1-11(17)9-12-3-4-15(14(16)10-12)18(2)13-5-7-19-8-6-13/h3-4,10-11,13H,5-9,17H2,1-2H3. The smallest absolute Gasteiger partial charge is 0.146 e. The van der Waals surface area contributed by atoms with Gasteiger partial charge < -0.3 is 15.4 Å². The maximum absolute atomic E-state index is 14.2. The summed E-state index contributed by atoms with van der Waals surface area (Å²) in [5.41, 5.74) is 7.36. The summed E-state index contributed by atoms with van der Waals surface area (Å²) >= 11 is 0. The van der Waals surface area contributed by atoms with Crippen LogP contribution in [0.3, 0.4) is 0 Å². The monoisotopic (exact) mass is 266 g/mol. The average Bonchev–Trinajstić information content (AvgIpc) is 2.38. The first-order chi connectivity index (χ1) is 9.08. The van der Waals surface area contributed by atoms with E-state index in [1.807, 2.05) is 31.0 Å². The van der Waals surface area contributed by atoms with Gasteiger partial charge in [-0.1, -0.05) is 6.07 Å². The molecular formula is C15H23FN2O. The van der Waals surface area contributed by atoms with Gasteiger partial charge in [0.15, 0.2) is 0 Å². The van der Waals surface area contributed by atoms with Gasteiger partial charge in [0.1, 0.15) is 5.82 Å². The minimum Gasteiger partial charge on any atom is -0.381 e. The van der Waals surface area contributed by atoms with Crippen molar-refractivity contribution in [2.75, 3.05) is 25.2 Å². The van der Waals surface area contributed by atoms with Crippen LogP contribution in [0.25, 0.3) is 0 Å². The van der Waals surface area contributed by atoms with Crippen molar-refractivity contribution >= 4 is 5.69 Å². The van der Waals surface area contributed by atoms with Crippen LogP contribution >= 0.6 is 0 Å². The van der Waals surface area contributed by atoms with Crippen LogP contribution in [0.5, 0.6) is 0 Å². The summed E-state index contributed by atoms with van der Waals surface area (Å²) in [6.07, 6.45) is 2.62. The van der Waals surface area contributed by atoms with Crippen LogP contribution in [0.4, 0.5) is 10.1 Å². The van der Waals surface area contributed by atoms with Gasteiger partial charge in [-0.3, -0.25) is 0 Å². The van der Waals surface area contributed by atoms with Crippen LogP contribution in [0.1, 0.15) is 25.3 Å². The maximum atomic E-state index is 14.2. The molecule has 3 nitrogen and oxygen atoms in total. The van der Waals surface area contributed by atoms with E-state index in [4.69, 9.17) is 10.5 Å². The van der Waals surface area contributed by atoms with Gasteiger partial charge in [0.2, 0.25) is 0 Å². The fourth-order valence-corrected chi connectivity index (χ4v) is 2.60. The number of halogens is 1. The first-order valence-corrected chi connectivity index (χ1v) is 6.92. The van der Waals surface area contributed by atoms with Gasteiger partial charge in [-0.25, -0.2) is 4.39 Å². The minimum absolute atomic E-state index is 0.0541. The van der Waals surface area contributed by atoms with Gasteiger partial charge in [0, 0.05) is 32.3 Å². The SMILES string of the molecule is CC(N)Cc1ccc(N(C)C2CCOCC2)c(F)c1. The number of hydrogen-bond acceptors (Lipinski definition) is 3. The van der Waals surface area contributed by atoms with Crippen LogP contribution < -0.4 is 10.6 Å². The number of nitrogens with two attached hydrogens (primary N) is 1. The number of anilines is 1. The van der Waals surface area contributed by atoms with Crippen molar-refractivity contribution in [1.29, 1.82) is 0 Å². The van der Waals surface area contributed by atoms with Crippen molar-refractivity contribution in [1.82, 2.24) is 0 Å². The minimum atomic E-state index is -0.160. The van der Waals surface area contributed by atoms with Crippen molar-refractivity contribution < 1.29 is 9.13 Å². The molecule has 0 saturated carbocycles. The molecule has 0 aliphatic carbocycles. The van der Waals surface area contributed by atoms with Gasteiger partial charge in [0.25, 0.3) is 0 Å². The van der Waals surface area contributed by atoms with Crippen LogP contribution in [-0.4, -0.2) is 32.3 Å². The van der Waals surface area contributed by atoms with Gasteiger partial charge in [0.05, 0.1) is 5.69 Å². The Morgan fingerprint density at radius 3 is 2.68 bits per heavy atom. The first-order valence-electron chi connectivity index (χ1n) is 6.92. The van der Waals surface area contributed by atoms with E-state index in [-0.39, 0.29) is 11.9 Å². The normalized spacial score (nSPS) is 18.3. The molecule has 106 valence electrons. The Morgan fingerprint density at radius 2 is 2.11 bits per heavy atom. The van der Waals surface area contributed by atoms with Crippen molar-refractivity contribution in [2.24, 2.45) is 5.73 Å². The second-order valence-corrected chi connectivity index (χ2v) is 5.42. The predicted octanol–water partition coefficient (Wildman–Crippen LogP) is 2.33. The molecule has 1 saturated heterocycles. The third-order valence-electron chi connectivity index (χ3n) is 3.69. The highest BCUT2D eigenvalue weighted by Crippen LogP contribution is 2.25. The molecule has 0 bridgehead atoms. The fraction of sp³-hybridized carbons (Fsp3) is 0.600. The van der Waals surface area contributed by atoms with E-state index < -0.39 is 0 Å². The molecule has 19 heavy (non-hydrogen) atoms. The van der Waals surface area contributed by atoms with E-state index in [1.54, 1.807) is 6.07 Å². The van der Waals surface area contributed by atoms with Crippen molar-refractivity contribution in [3.8, 4) is 0 Å². The van der Waals surface area contributed by atoms with Gasteiger partial charge in [-0.05, 0) is 43.9 Å². The van der Waals surface area contributed by atoms with Gasteiger partial charge in [-0.15, -0.1) is 0 Å². The lowest BCUT2D eigenvalue weighted by atomic mass is 10.0. The third kappa shape index (κ3) is 3.67. The van der Waals surface area contributed by atoms with E-state index in [0.29, 0.717) is 18.2 Å². The van der Waals surface area contributed by atoms with Gasteiger partial charge in [-0.2, -0.15) is 0 Å². The molecule has 1 fully saturated rings. The predicted molar refractivity (Wildman–Crippen MR) is 76.0 cm³/mol. The lowest BCUT2D eigenvalue weighted by molar-refractivity contribution is 0.0853. The van der Waals surface area contributed by atoms with Crippen LogP contribution in [0.15, 0.2) is 18.2 Å². The Hall–Kier alpha value is -1.13. The summed E-state index contributed by atoms with van der Waals surface area (Å²) in [7, 11) is 1.96. The number of hydrogen-bond donors (Lipinski definition) is 1. The lowest BCUT2D eigenvalue weighted by Crippen LogP contribution is -2.37. The molecule has 0 spiro atoms. The molecule has 1 aromatic carbocycles. The van der Waals surface area contributed by atoms with Crippen molar-refractivity contribution in [2.45, 2.75) is 38.3 Å². The molecule has 1 heterocycles. The number of rotatable bonds is 4. The van der Waals surface area contributed by atoms with Crippen molar-refractivity contribution in [3.05, 3.63) is 29.6 Å². The highest BCUT2D eigenvalue weighted by atomic mass is 19.1. The van der Waals surface area contributed by atoms with E-state index >= 15 is 0 Å². The number of nitrogens with zero attached hydrogens (tertiary/aromatic N) is 1.